The summed E-state index contributed by atoms with van der Waals surface area (Å²) in [6.07, 6.45) is -3.45. The van der Waals surface area contributed by atoms with Gasteiger partial charge in [0.25, 0.3) is 0 Å². The van der Waals surface area contributed by atoms with Gasteiger partial charge in [0.1, 0.15) is 24.1 Å². The third-order valence-electron chi connectivity index (χ3n) is 1.92. The number of rotatable bonds is 1. The van der Waals surface area contributed by atoms with Crippen molar-refractivity contribution in [2.45, 2.75) is 37.9 Å². The molecule has 13 heavy (non-hydrogen) atoms. The molecule has 0 amide bonds. The second-order valence-electron chi connectivity index (χ2n) is 2.95. The van der Waals surface area contributed by atoms with Crippen LogP contribution in [0.3, 0.4) is 0 Å². The molecule has 1 saturated heterocycles. The predicted octanol–water partition coefficient (Wildman–Crippen LogP) is -1.29. The van der Waals surface area contributed by atoms with E-state index < -0.39 is 24.6 Å². The summed E-state index contributed by atoms with van der Waals surface area (Å²) in [5.41, 5.74) is 0. The Morgan fingerprint density at radius 1 is 1.23 bits per heavy atom. The van der Waals surface area contributed by atoms with Crippen LogP contribution in [-0.4, -0.2) is 45.0 Å². The van der Waals surface area contributed by atoms with Gasteiger partial charge in [-0.1, -0.05) is 6.92 Å². The fraction of sp³-hybridized carbons (Fsp3) is 0.750. The molecule has 1 fully saturated rings. The molecule has 1 aliphatic rings. The van der Waals surface area contributed by atoms with Crippen LogP contribution in [0.2, 0.25) is 0 Å². The minimum Gasteiger partial charge on any atom is -0.464 e. The van der Waals surface area contributed by atoms with Crippen LogP contribution in [0.4, 0.5) is 0 Å². The molecule has 0 radical (unpaired) electrons. The van der Waals surface area contributed by atoms with Gasteiger partial charge in [0, 0.05) is 0 Å². The summed E-state index contributed by atoms with van der Waals surface area (Å²) in [5, 5.41) is 36.7. The van der Waals surface area contributed by atoms with Gasteiger partial charge in [-0.2, -0.15) is 0 Å². The Bertz CT molecular complexity index is 203. The van der Waals surface area contributed by atoms with Crippen molar-refractivity contribution in [3.8, 4) is 0 Å². The molecule has 1 aliphatic heterocycles. The first-order chi connectivity index (χ1) is 6.07. The molecule has 0 bridgehead atoms. The van der Waals surface area contributed by atoms with Crippen molar-refractivity contribution >= 4 is 0 Å². The summed E-state index contributed by atoms with van der Waals surface area (Å²) in [7, 11) is 0. The Morgan fingerprint density at radius 3 is 2.38 bits per heavy atom. The van der Waals surface area contributed by atoms with Crippen molar-refractivity contribution in [3.63, 3.8) is 0 Å². The summed E-state index contributed by atoms with van der Waals surface area (Å²) in [4.78, 5) is 0. The van der Waals surface area contributed by atoms with E-state index in [4.69, 9.17) is 14.9 Å². The lowest BCUT2D eigenvalue weighted by atomic mass is 10.0. The second kappa shape index (κ2) is 4.06. The Balaban J connectivity index is 2.76. The molecule has 1 rings (SSSR count). The van der Waals surface area contributed by atoms with Gasteiger partial charge in [-0.15, -0.1) is 0 Å². The van der Waals surface area contributed by atoms with Gasteiger partial charge in [0.15, 0.2) is 0 Å². The molecule has 0 aromatic heterocycles. The van der Waals surface area contributed by atoms with E-state index in [0.717, 1.165) is 0 Å². The van der Waals surface area contributed by atoms with Gasteiger partial charge in [0.2, 0.25) is 6.29 Å². The molecule has 4 N–H and O–H groups in total. The second-order valence-corrected chi connectivity index (χ2v) is 2.95. The average molecular weight is 190 g/mol. The first-order valence-electron chi connectivity index (χ1n) is 4.17. The van der Waals surface area contributed by atoms with Gasteiger partial charge >= 0.3 is 0 Å². The average Bonchev–Trinajstić information content (AvgIpc) is 2.11. The maximum absolute atomic E-state index is 9.34. The maximum Gasteiger partial charge on any atom is 0.226 e. The minimum atomic E-state index is -1.48. The monoisotopic (exact) mass is 190 g/mol. The zero-order valence-corrected chi connectivity index (χ0v) is 7.29. The van der Waals surface area contributed by atoms with Crippen molar-refractivity contribution in [2.75, 3.05) is 0 Å². The lowest BCUT2D eigenvalue weighted by Crippen LogP contribution is -2.51. The fourth-order valence-electron chi connectivity index (χ4n) is 1.17. The molecule has 76 valence electrons. The molecule has 0 aromatic carbocycles. The third kappa shape index (κ3) is 2.00. The number of ether oxygens (including phenoxy) is 1. The van der Waals surface area contributed by atoms with E-state index in [9.17, 15) is 10.2 Å². The fourth-order valence-corrected chi connectivity index (χ4v) is 1.17. The summed E-state index contributed by atoms with van der Waals surface area (Å²) in [6.45, 7) is 1.83. The Morgan fingerprint density at radius 2 is 1.85 bits per heavy atom. The van der Waals surface area contributed by atoms with Crippen molar-refractivity contribution in [2.24, 2.45) is 0 Å². The van der Waals surface area contributed by atoms with E-state index in [-0.39, 0.29) is 5.76 Å². The molecule has 0 aliphatic carbocycles. The molecule has 0 unspecified atom stereocenters. The molecule has 5 heteroatoms. The first-order valence-corrected chi connectivity index (χ1v) is 4.17. The van der Waals surface area contributed by atoms with Gasteiger partial charge < -0.3 is 25.2 Å². The first kappa shape index (κ1) is 10.5. The van der Waals surface area contributed by atoms with Crippen LogP contribution in [0.25, 0.3) is 0 Å². The van der Waals surface area contributed by atoms with Crippen LogP contribution in [-0.2, 0) is 4.74 Å². The standard InChI is InChI=1S/C8H14O5/c1-2-3-4-5(9)6(10)7(11)8(12)13-4/h3,5-12H,2H2,1H3/t5-,6-,7+,8-/m0/s1. The van der Waals surface area contributed by atoms with E-state index in [0.29, 0.717) is 6.42 Å². The number of aliphatic hydroxyl groups is 4. The van der Waals surface area contributed by atoms with E-state index in [1.54, 1.807) is 6.08 Å². The normalized spacial score (nSPS) is 43.3. The number of hydrogen-bond donors (Lipinski definition) is 4. The highest BCUT2D eigenvalue weighted by molar-refractivity contribution is 5.07. The topological polar surface area (TPSA) is 90.2 Å². The van der Waals surface area contributed by atoms with E-state index in [1.165, 1.54) is 0 Å². The highest BCUT2D eigenvalue weighted by Gasteiger charge is 2.40. The molecule has 4 atom stereocenters. The smallest absolute Gasteiger partial charge is 0.226 e. The van der Waals surface area contributed by atoms with Crippen LogP contribution in [0.15, 0.2) is 11.8 Å². The van der Waals surface area contributed by atoms with Crippen molar-refractivity contribution in [1.29, 1.82) is 0 Å². The summed E-state index contributed by atoms with van der Waals surface area (Å²) < 4.78 is 4.78. The van der Waals surface area contributed by atoms with Crippen LogP contribution >= 0.6 is 0 Å². The number of aliphatic hydroxyl groups excluding tert-OH is 4. The summed E-state index contributed by atoms with van der Waals surface area (Å²) >= 11 is 0. The van der Waals surface area contributed by atoms with Crippen LogP contribution in [0, 0.1) is 0 Å². The SMILES string of the molecule is CCC=C1O[C@H](O)[C@H](O)[C@@H](O)[C@H]1O. The van der Waals surface area contributed by atoms with Gasteiger partial charge in [0.05, 0.1) is 0 Å². The molecule has 0 spiro atoms. The Hall–Kier alpha value is -0.620. The quantitative estimate of drug-likeness (QED) is 0.413. The molecular formula is C8H14O5. The van der Waals surface area contributed by atoms with Gasteiger partial charge in [-0.25, -0.2) is 0 Å². The number of allylic oxidation sites excluding steroid dienone is 1. The molecular weight excluding hydrogens is 176 g/mol. The lowest BCUT2D eigenvalue weighted by Gasteiger charge is -2.34. The zero-order chi connectivity index (χ0) is 10.0. The third-order valence-corrected chi connectivity index (χ3v) is 1.92. The van der Waals surface area contributed by atoms with E-state index >= 15 is 0 Å². The Labute approximate surface area is 75.9 Å². The van der Waals surface area contributed by atoms with E-state index in [1.807, 2.05) is 6.92 Å². The van der Waals surface area contributed by atoms with Gasteiger partial charge in [-0.3, -0.25) is 0 Å². The molecule has 5 nitrogen and oxygen atoms in total. The highest BCUT2D eigenvalue weighted by atomic mass is 16.6. The van der Waals surface area contributed by atoms with Crippen LogP contribution in [0.5, 0.6) is 0 Å². The molecule has 0 aromatic rings. The van der Waals surface area contributed by atoms with E-state index in [2.05, 4.69) is 0 Å². The van der Waals surface area contributed by atoms with Crippen molar-refractivity contribution < 1.29 is 25.2 Å². The molecule has 1 heterocycles. The Kier molecular flexibility index (Phi) is 3.27. The molecule has 0 saturated carbocycles. The van der Waals surface area contributed by atoms with Crippen molar-refractivity contribution in [1.82, 2.24) is 0 Å². The zero-order valence-electron chi connectivity index (χ0n) is 7.29. The minimum absolute atomic E-state index is 0.104. The van der Waals surface area contributed by atoms with Crippen LogP contribution < -0.4 is 0 Å². The largest absolute Gasteiger partial charge is 0.464 e. The highest BCUT2D eigenvalue weighted by Crippen LogP contribution is 2.22. The van der Waals surface area contributed by atoms with Gasteiger partial charge in [-0.05, 0) is 12.5 Å². The maximum atomic E-state index is 9.34. The van der Waals surface area contributed by atoms with Crippen LogP contribution in [0.1, 0.15) is 13.3 Å². The number of hydrogen-bond acceptors (Lipinski definition) is 5. The van der Waals surface area contributed by atoms with Crippen molar-refractivity contribution in [3.05, 3.63) is 11.8 Å². The lowest BCUT2D eigenvalue weighted by molar-refractivity contribution is -0.224. The summed E-state index contributed by atoms with van der Waals surface area (Å²) in [6, 6.07) is 0. The predicted molar refractivity (Wildman–Crippen MR) is 43.5 cm³/mol. The summed E-state index contributed by atoms with van der Waals surface area (Å²) in [5.74, 6) is 0.104.